The number of barbiturate groups is 1. The molecular weight excluding hydrogens is 518 g/mol. The van der Waals surface area contributed by atoms with Crippen molar-refractivity contribution < 1.29 is 28.6 Å². The number of methoxy groups -OCH3 is 2. The van der Waals surface area contributed by atoms with Crippen molar-refractivity contribution in [3.8, 4) is 17.2 Å². The molecule has 35 heavy (non-hydrogen) atoms. The summed E-state index contributed by atoms with van der Waals surface area (Å²) in [5.41, 5.74) is 1.31. The molecule has 1 N–H and O–H groups in total. The number of anilines is 1. The molecule has 0 radical (unpaired) electrons. The SMILES string of the molecule is COc1ccc(N2C(=O)NC(=O)C(=Cc3cc(Br)c(OCc4ccccn4)c(OC)c3)C2=O)cc1. The van der Waals surface area contributed by atoms with Gasteiger partial charge in [-0.1, -0.05) is 6.07 Å². The lowest BCUT2D eigenvalue weighted by atomic mass is 10.1. The summed E-state index contributed by atoms with van der Waals surface area (Å²) in [4.78, 5) is 43.2. The fraction of sp³-hybridized carbons (Fsp3) is 0.120. The van der Waals surface area contributed by atoms with E-state index in [1.807, 2.05) is 18.2 Å². The minimum atomic E-state index is -0.834. The summed E-state index contributed by atoms with van der Waals surface area (Å²) in [5.74, 6) is -0.166. The van der Waals surface area contributed by atoms with Crippen molar-refractivity contribution in [3.05, 3.63) is 82.1 Å². The molecule has 3 aromatic rings. The predicted molar refractivity (Wildman–Crippen MR) is 131 cm³/mol. The first-order valence-corrected chi connectivity index (χ1v) is 11.2. The van der Waals surface area contributed by atoms with Gasteiger partial charge in [0.1, 0.15) is 17.9 Å². The van der Waals surface area contributed by atoms with Crippen molar-refractivity contribution in [2.75, 3.05) is 19.1 Å². The molecule has 1 aliphatic heterocycles. The zero-order chi connectivity index (χ0) is 24.9. The molecule has 0 unspecified atom stereocenters. The van der Waals surface area contributed by atoms with Gasteiger partial charge >= 0.3 is 6.03 Å². The van der Waals surface area contributed by atoms with Crippen molar-refractivity contribution in [1.82, 2.24) is 10.3 Å². The number of carbonyl (C=O) groups is 3. The van der Waals surface area contributed by atoms with Crippen LogP contribution in [-0.2, 0) is 16.2 Å². The van der Waals surface area contributed by atoms with Gasteiger partial charge in [-0.05, 0) is 76.1 Å². The summed E-state index contributed by atoms with van der Waals surface area (Å²) >= 11 is 3.46. The lowest BCUT2D eigenvalue weighted by Gasteiger charge is -2.26. The topological polar surface area (TPSA) is 107 Å². The van der Waals surface area contributed by atoms with Gasteiger partial charge in [0.15, 0.2) is 11.5 Å². The molecule has 0 saturated carbocycles. The number of benzene rings is 2. The number of nitrogens with zero attached hydrogens (tertiary/aromatic N) is 2. The van der Waals surface area contributed by atoms with E-state index in [0.29, 0.717) is 33.0 Å². The number of imide groups is 2. The van der Waals surface area contributed by atoms with Crippen LogP contribution in [0.3, 0.4) is 0 Å². The van der Waals surface area contributed by atoms with E-state index in [1.165, 1.54) is 20.3 Å². The Labute approximate surface area is 209 Å². The smallest absolute Gasteiger partial charge is 0.335 e. The zero-order valence-corrected chi connectivity index (χ0v) is 20.4. The predicted octanol–water partition coefficient (Wildman–Crippen LogP) is 4.11. The summed E-state index contributed by atoms with van der Waals surface area (Å²) in [6.07, 6.45) is 3.06. The van der Waals surface area contributed by atoms with E-state index < -0.39 is 17.8 Å². The van der Waals surface area contributed by atoms with E-state index in [9.17, 15) is 14.4 Å². The average molecular weight is 538 g/mol. The number of nitrogens with one attached hydrogen (secondary N) is 1. The molecule has 4 rings (SSSR count). The lowest BCUT2D eigenvalue weighted by Crippen LogP contribution is -2.54. The minimum absolute atomic E-state index is 0.212. The van der Waals surface area contributed by atoms with Gasteiger partial charge in [-0.25, -0.2) is 9.69 Å². The molecule has 0 bridgehead atoms. The molecule has 2 aromatic carbocycles. The number of ether oxygens (including phenoxy) is 3. The normalized spacial score (nSPS) is 14.7. The van der Waals surface area contributed by atoms with Crippen LogP contribution in [0.15, 0.2) is 70.8 Å². The summed E-state index contributed by atoms with van der Waals surface area (Å²) in [6, 6.07) is 14.3. The van der Waals surface area contributed by atoms with Crippen LogP contribution >= 0.6 is 15.9 Å². The minimum Gasteiger partial charge on any atom is -0.497 e. The third-order valence-corrected chi connectivity index (χ3v) is 5.67. The monoisotopic (exact) mass is 537 g/mol. The number of halogens is 1. The first-order valence-electron chi connectivity index (χ1n) is 10.4. The Hall–Kier alpha value is -4.18. The van der Waals surface area contributed by atoms with Gasteiger partial charge < -0.3 is 14.2 Å². The number of hydrogen-bond donors (Lipinski definition) is 1. The number of amides is 4. The fourth-order valence-corrected chi connectivity index (χ4v) is 3.96. The third-order valence-electron chi connectivity index (χ3n) is 5.09. The van der Waals surface area contributed by atoms with Crippen LogP contribution in [0.4, 0.5) is 10.5 Å². The van der Waals surface area contributed by atoms with Crippen LogP contribution in [0, 0.1) is 0 Å². The molecule has 2 heterocycles. The molecule has 9 nitrogen and oxygen atoms in total. The van der Waals surface area contributed by atoms with Crippen LogP contribution in [0.25, 0.3) is 6.08 Å². The van der Waals surface area contributed by atoms with Gasteiger partial charge in [-0.15, -0.1) is 0 Å². The highest BCUT2D eigenvalue weighted by molar-refractivity contribution is 9.10. The fourth-order valence-electron chi connectivity index (χ4n) is 3.38. The number of urea groups is 1. The van der Waals surface area contributed by atoms with E-state index in [0.717, 1.165) is 10.6 Å². The van der Waals surface area contributed by atoms with Crippen LogP contribution < -0.4 is 24.4 Å². The Morgan fingerprint density at radius 2 is 1.80 bits per heavy atom. The Balaban J connectivity index is 1.63. The molecule has 0 aliphatic carbocycles. The van der Waals surface area contributed by atoms with Crippen molar-refractivity contribution in [2.24, 2.45) is 0 Å². The molecule has 1 fully saturated rings. The van der Waals surface area contributed by atoms with Crippen molar-refractivity contribution in [3.63, 3.8) is 0 Å². The van der Waals surface area contributed by atoms with Gasteiger partial charge in [0.25, 0.3) is 11.8 Å². The molecule has 10 heteroatoms. The van der Waals surface area contributed by atoms with E-state index in [4.69, 9.17) is 14.2 Å². The quantitative estimate of drug-likeness (QED) is 0.357. The van der Waals surface area contributed by atoms with Crippen LogP contribution in [-0.4, -0.2) is 37.0 Å². The second kappa shape index (κ2) is 10.4. The molecule has 4 amide bonds. The summed E-state index contributed by atoms with van der Waals surface area (Å²) < 4.78 is 17.0. The van der Waals surface area contributed by atoms with Crippen LogP contribution in [0.5, 0.6) is 17.2 Å². The standard InChI is InChI=1S/C25H20BrN3O6/c1-33-18-8-6-17(7-9-18)29-24(31)19(23(30)28-25(29)32)11-15-12-20(26)22(21(13-15)34-2)35-14-16-5-3-4-10-27-16/h3-13H,14H2,1-2H3,(H,28,30,32). The molecule has 0 atom stereocenters. The Morgan fingerprint density at radius 1 is 1.03 bits per heavy atom. The van der Waals surface area contributed by atoms with Gasteiger partial charge in [0.05, 0.1) is 30.1 Å². The Bertz CT molecular complexity index is 1310. The van der Waals surface area contributed by atoms with E-state index in [2.05, 4.69) is 26.2 Å². The van der Waals surface area contributed by atoms with Gasteiger partial charge in [0, 0.05) is 6.20 Å². The van der Waals surface area contributed by atoms with Crippen molar-refractivity contribution >= 4 is 45.5 Å². The number of rotatable bonds is 7. The first kappa shape index (κ1) is 24.0. The van der Waals surface area contributed by atoms with Crippen molar-refractivity contribution in [1.29, 1.82) is 0 Å². The van der Waals surface area contributed by atoms with E-state index >= 15 is 0 Å². The lowest BCUT2D eigenvalue weighted by molar-refractivity contribution is -0.122. The second-order valence-corrected chi connectivity index (χ2v) is 8.15. The highest BCUT2D eigenvalue weighted by Gasteiger charge is 2.36. The number of pyridine rings is 1. The van der Waals surface area contributed by atoms with Gasteiger partial charge in [-0.3, -0.25) is 19.9 Å². The second-order valence-electron chi connectivity index (χ2n) is 7.30. The molecule has 0 spiro atoms. The maximum Gasteiger partial charge on any atom is 0.335 e. The zero-order valence-electron chi connectivity index (χ0n) is 18.8. The molecular formula is C25H20BrN3O6. The number of aromatic nitrogens is 1. The highest BCUT2D eigenvalue weighted by Crippen LogP contribution is 2.38. The third kappa shape index (κ3) is 5.17. The van der Waals surface area contributed by atoms with Gasteiger partial charge in [0.2, 0.25) is 0 Å². The molecule has 1 aromatic heterocycles. The van der Waals surface area contributed by atoms with Crippen LogP contribution in [0.2, 0.25) is 0 Å². The number of carbonyl (C=O) groups excluding carboxylic acids is 3. The van der Waals surface area contributed by atoms with Crippen LogP contribution in [0.1, 0.15) is 11.3 Å². The maximum atomic E-state index is 13.1. The van der Waals surface area contributed by atoms with Gasteiger partial charge in [-0.2, -0.15) is 0 Å². The Morgan fingerprint density at radius 3 is 2.46 bits per heavy atom. The molecule has 178 valence electrons. The summed E-state index contributed by atoms with van der Waals surface area (Å²) in [6.45, 7) is 0.218. The maximum absolute atomic E-state index is 13.1. The van der Waals surface area contributed by atoms with E-state index in [1.54, 1.807) is 42.6 Å². The number of hydrogen-bond acceptors (Lipinski definition) is 7. The largest absolute Gasteiger partial charge is 0.497 e. The Kier molecular flexibility index (Phi) is 7.11. The molecule has 1 aliphatic rings. The summed E-state index contributed by atoms with van der Waals surface area (Å²) in [5, 5.41) is 2.20. The summed E-state index contributed by atoms with van der Waals surface area (Å²) in [7, 11) is 2.99. The van der Waals surface area contributed by atoms with Crippen molar-refractivity contribution in [2.45, 2.75) is 6.61 Å². The average Bonchev–Trinajstić information content (AvgIpc) is 2.86. The highest BCUT2D eigenvalue weighted by atomic mass is 79.9. The van der Waals surface area contributed by atoms with E-state index in [-0.39, 0.29) is 12.2 Å². The molecule has 1 saturated heterocycles. The first-order chi connectivity index (χ1) is 16.9.